The maximum atomic E-state index is 4.75. The molecule has 118 valence electrons. The third-order valence-electron chi connectivity index (χ3n) is 4.03. The lowest BCUT2D eigenvalue weighted by molar-refractivity contribution is 0.475. The molecule has 1 N–H and O–H groups in total. The van der Waals surface area contributed by atoms with Crippen LogP contribution in [0.5, 0.6) is 0 Å². The molecule has 2 aliphatic rings. The molecule has 1 saturated carbocycles. The molecule has 22 heavy (non-hydrogen) atoms. The van der Waals surface area contributed by atoms with E-state index in [4.69, 9.17) is 4.99 Å². The van der Waals surface area contributed by atoms with E-state index in [0.717, 1.165) is 10.7 Å². The van der Waals surface area contributed by atoms with Gasteiger partial charge in [-0.2, -0.15) is 5.10 Å². The quantitative estimate of drug-likeness (QED) is 0.495. The standard InChI is InChI=1S/C16H21BrN4S/c1-21(2)12-8-6-11(7-9-12)10-18-20-16-19-14-5-3-4-13(17)15(14)22-16/h6-10,13-15H,3-5H2,1-2H3,(H,19,20). The number of benzene rings is 1. The number of nitrogens with zero attached hydrogens (tertiary/aromatic N) is 3. The molecule has 1 aromatic rings. The molecule has 1 heterocycles. The van der Waals surface area contributed by atoms with Crippen molar-refractivity contribution < 1.29 is 0 Å². The molecule has 6 heteroatoms. The summed E-state index contributed by atoms with van der Waals surface area (Å²) in [4.78, 5) is 7.40. The van der Waals surface area contributed by atoms with Crippen molar-refractivity contribution in [3.8, 4) is 0 Å². The van der Waals surface area contributed by atoms with Gasteiger partial charge in [0, 0.05) is 29.9 Å². The van der Waals surface area contributed by atoms with E-state index in [0.29, 0.717) is 16.1 Å². The van der Waals surface area contributed by atoms with Crippen molar-refractivity contribution in [1.29, 1.82) is 0 Å². The highest BCUT2D eigenvalue weighted by Gasteiger charge is 2.37. The fourth-order valence-corrected chi connectivity index (χ4v) is 4.96. The summed E-state index contributed by atoms with van der Waals surface area (Å²) in [6.45, 7) is 0. The number of anilines is 1. The van der Waals surface area contributed by atoms with Crippen molar-refractivity contribution in [1.82, 2.24) is 5.43 Å². The van der Waals surface area contributed by atoms with Crippen LogP contribution in [0.2, 0.25) is 0 Å². The highest BCUT2D eigenvalue weighted by atomic mass is 79.9. The molecule has 0 amide bonds. The molecule has 0 radical (unpaired) electrons. The molecule has 1 aromatic carbocycles. The van der Waals surface area contributed by atoms with Crippen LogP contribution in [-0.4, -0.2) is 41.6 Å². The number of fused-ring (bicyclic) bond motifs is 1. The summed E-state index contributed by atoms with van der Waals surface area (Å²) in [5.74, 6) is 0. The lowest BCUT2D eigenvalue weighted by atomic mass is 9.95. The Morgan fingerprint density at radius 2 is 2.09 bits per heavy atom. The summed E-state index contributed by atoms with van der Waals surface area (Å²) in [5, 5.41) is 5.83. The zero-order chi connectivity index (χ0) is 15.5. The Labute approximate surface area is 144 Å². The molecule has 1 aliphatic heterocycles. The van der Waals surface area contributed by atoms with E-state index < -0.39 is 0 Å². The van der Waals surface area contributed by atoms with Gasteiger partial charge in [-0.05, 0) is 30.5 Å². The average Bonchev–Trinajstić information content (AvgIpc) is 2.92. The van der Waals surface area contributed by atoms with Gasteiger partial charge in [0.15, 0.2) is 5.17 Å². The minimum absolute atomic E-state index is 0.445. The van der Waals surface area contributed by atoms with Crippen LogP contribution in [-0.2, 0) is 0 Å². The summed E-state index contributed by atoms with van der Waals surface area (Å²) in [7, 11) is 4.08. The minimum Gasteiger partial charge on any atom is -0.378 e. The Bertz CT molecular complexity index is 570. The largest absolute Gasteiger partial charge is 0.378 e. The monoisotopic (exact) mass is 380 g/mol. The van der Waals surface area contributed by atoms with Crippen molar-refractivity contribution in [3.63, 3.8) is 0 Å². The molecule has 3 rings (SSSR count). The number of amidine groups is 1. The summed E-state index contributed by atoms with van der Waals surface area (Å²) in [6.07, 6.45) is 5.55. The third kappa shape index (κ3) is 3.66. The van der Waals surface area contributed by atoms with Crippen LogP contribution in [0.3, 0.4) is 0 Å². The van der Waals surface area contributed by atoms with Crippen LogP contribution < -0.4 is 10.3 Å². The number of hydrazone groups is 1. The first-order valence-electron chi connectivity index (χ1n) is 7.58. The third-order valence-corrected chi connectivity index (χ3v) is 6.74. The Hall–Kier alpha value is -1.01. The highest BCUT2D eigenvalue weighted by molar-refractivity contribution is 9.09. The molecule has 0 aromatic heterocycles. The smallest absolute Gasteiger partial charge is 0.177 e. The van der Waals surface area contributed by atoms with Crippen LogP contribution in [0, 0.1) is 0 Å². The summed E-state index contributed by atoms with van der Waals surface area (Å²) in [5.41, 5.74) is 5.36. The first kappa shape index (κ1) is 15.9. The van der Waals surface area contributed by atoms with Crippen LogP contribution in [0.1, 0.15) is 24.8 Å². The number of hydrogen-bond donors (Lipinski definition) is 1. The summed E-state index contributed by atoms with van der Waals surface area (Å²) < 4.78 is 0. The molecule has 0 spiro atoms. The van der Waals surface area contributed by atoms with Gasteiger partial charge in [0.05, 0.1) is 12.3 Å². The van der Waals surface area contributed by atoms with Crippen LogP contribution in [0.4, 0.5) is 5.69 Å². The van der Waals surface area contributed by atoms with Gasteiger partial charge in [-0.15, -0.1) is 0 Å². The molecule has 0 saturated heterocycles. The van der Waals surface area contributed by atoms with Gasteiger partial charge < -0.3 is 4.90 Å². The minimum atomic E-state index is 0.445. The van der Waals surface area contributed by atoms with E-state index in [1.165, 1.54) is 24.9 Å². The molecule has 0 bridgehead atoms. The van der Waals surface area contributed by atoms with Gasteiger partial charge in [-0.25, -0.2) is 0 Å². The van der Waals surface area contributed by atoms with E-state index in [9.17, 15) is 0 Å². The maximum Gasteiger partial charge on any atom is 0.177 e. The first-order valence-corrected chi connectivity index (χ1v) is 9.38. The second-order valence-corrected chi connectivity index (χ2v) is 8.23. The predicted molar refractivity (Wildman–Crippen MR) is 101 cm³/mol. The molecule has 1 fully saturated rings. The van der Waals surface area contributed by atoms with Gasteiger partial charge >= 0.3 is 0 Å². The summed E-state index contributed by atoms with van der Waals surface area (Å²) >= 11 is 5.60. The molecule has 1 aliphatic carbocycles. The molecule has 4 nitrogen and oxygen atoms in total. The Morgan fingerprint density at radius 3 is 2.77 bits per heavy atom. The van der Waals surface area contributed by atoms with Crippen LogP contribution in [0.25, 0.3) is 0 Å². The Kier molecular flexibility index (Phi) is 5.08. The average molecular weight is 381 g/mol. The fourth-order valence-electron chi connectivity index (χ4n) is 2.77. The zero-order valence-corrected chi connectivity index (χ0v) is 15.3. The SMILES string of the molecule is CN(C)c1ccc(C=NNC2=NC3CCCC(Br)C3S2)cc1. The van der Waals surface area contributed by atoms with Gasteiger partial charge in [0.25, 0.3) is 0 Å². The molecule has 3 unspecified atom stereocenters. The number of thioether (sulfide) groups is 1. The predicted octanol–water partition coefficient (Wildman–Crippen LogP) is 3.46. The molecular weight excluding hydrogens is 360 g/mol. The number of rotatable bonds is 3. The lowest BCUT2D eigenvalue weighted by Crippen LogP contribution is -2.31. The number of alkyl halides is 1. The Balaban J connectivity index is 1.56. The van der Waals surface area contributed by atoms with E-state index in [1.807, 2.05) is 32.1 Å². The number of hydrogen-bond acceptors (Lipinski definition) is 5. The number of aliphatic imine (C=N–C) groups is 1. The fraction of sp³-hybridized carbons (Fsp3) is 0.500. The van der Waals surface area contributed by atoms with Crippen molar-refractivity contribution in [2.75, 3.05) is 19.0 Å². The van der Waals surface area contributed by atoms with Gasteiger partial charge in [-0.3, -0.25) is 10.4 Å². The van der Waals surface area contributed by atoms with Crippen molar-refractivity contribution in [2.45, 2.75) is 35.4 Å². The lowest BCUT2D eigenvalue weighted by Gasteiger charge is -2.27. The second-order valence-electron chi connectivity index (χ2n) is 5.89. The molecule has 3 atom stereocenters. The second kappa shape index (κ2) is 7.04. The maximum absolute atomic E-state index is 4.75. The van der Waals surface area contributed by atoms with Crippen LogP contribution in [0.15, 0.2) is 34.4 Å². The van der Waals surface area contributed by atoms with E-state index in [1.54, 1.807) is 0 Å². The highest BCUT2D eigenvalue weighted by Crippen LogP contribution is 2.39. The van der Waals surface area contributed by atoms with E-state index in [2.05, 4.69) is 55.6 Å². The van der Waals surface area contributed by atoms with Crippen LogP contribution >= 0.6 is 27.7 Å². The number of halogens is 1. The first-order chi connectivity index (χ1) is 10.6. The van der Waals surface area contributed by atoms with Crippen molar-refractivity contribution in [3.05, 3.63) is 29.8 Å². The Morgan fingerprint density at radius 1 is 1.32 bits per heavy atom. The van der Waals surface area contributed by atoms with Crippen molar-refractivity contribution >= 4 is 44.8 Å². The van der Waals surface area contributed by atoms with E-state index >= 15 is 0 Å². The van der Waals surface area contributed by atoms with E-state index in [-0.39, 0.29) is 0 Å². The molecular formula is C16H21BrN4S. The van der Waals surface area contributed by atoms with Gasteiger partial charge in [0.2, 0.25) is 0 Å². The summed E-state index contributed by atoms with van der Waals surface area (Å²) in [6, 6.07) is 8.76. The van der Waals surface area contributed by atoms with Gasteiger partial charge in [0.1, 0.15) is 0 Å². The zero-order valence-electron chi connectivity index (χ0n) is 12.9. The number of nitrogens with one attached hydrogen (secondary N) is 1. The van der Waals surface area contributed by atoms with Gasteiger partial charge in [-0.1, -0.05) is 46.2 Å². The normalized spacial score (nSPS) is 27.6. The van der Waals surface area contributed by atoms with Crippen molar-refractivity contribution in [2.24, 2.45) is 10.1 Å². The topological polar surface area (TPSA) is 40.0 Å².